The molecule has 144 valence electrons. The molecule has 2 atom stereocenters. The van der Waals surface area contributed by atoms with Crippen molar-refractivity contribution in [3.63, 3.8) is 0 Å². The van der Waals surface area contributed by atoms with Crippen molar-refractivity contribution in [2.45, 2.75) is 46.2 Å². The maximum absolute atomic E-state index is 10.1. The van der Waals surface area contributed by atoms with E-state index in [4.69, 9.17) is 36.7 Å². The van der Waals surface area contributed by atoms with Crippen LogP contribution in [0.4, 0.5) is 0 Å². The van der Waals surface area contributed by atoms with Crippen LogP contribution in [0.25, 0.3) is 0 Å². The minimum atomic E-state index is -0.968. The van der Waals surface area contributed by atoms with E-state index in [0.29, 0.717) is 12.3 Å². The molecular weight excluding hydrogens is 326 g/mol. The summed E-state index contributed by atoms with van der Waals surface area (Å²) < 4.78 is 0. The molecule has 0 rings (SSSR count). The lowest BCUT2D eigenvalue weighted by molar-refractivity contribution is -0.139. The molecule has 10 N–H and O–H groups in total. The smallest absolute Gasteiger partial charge is 0.320 e. The molecule has 24 heavy (non-hydrogen) atoms. The molecule has 0 radical (unpaired) electrons. The number of rotatable bonds is 5. The standard InChI is InChI=1S/C6H13NO2.C3H7NO2.C2H5NO2.C2H4O2/c1-4(2)3-5(7)6(8)9;1-2(4)3(5)6;3-1-2(4)5;1-2(3)4/h4-5H,3,7H2,1-2H3,(H,8,9);2H,4H2,1H3,(H,5,6);1,3H2,(H,4,5);1H3,(H,3,4). The Hall–Kier alpha value is -2.24. The molecule has 0 amide bonds. The normalized spacial score (nSPS) is 11.2. The van der Waals surface area contributed by atoms with Crippen LogP contribution < -0.4 is 17.2 Å². The molecule has 0 heterocycles. The first-order valence-corrected chi connectivity index (χ1v) is 6.77. The van der Waals surface area contributed by atoms with Crippen molar-refractivity contribution in [1.29, 1.82) is 0 Å². The fraction of sp³-hybridized carbons (Fsp3) is 0.692. The minimum absolute atomic E-state index is 0.278. The lowest BCUT2D eigenvalue weighted by atomic mass is 10.1. The van der Waals surface area contributed by atoms with E-state index < -0.39 is 36.0 Å². The zero-order valence-corrected chi connectivity index (χ0v) is 14.3. The molecule has 11 heteroatoms. The summed E-state index contributed by atoms with van der Waals surface area (Å²) in [7, 11) is 0. The first-order chi connectivity index (χ1) is 10.7. The average molecular weight is 355 g/mol. The molecule has 11 nitrogen and oxygen atoms in total. The van der Waals surface area contributed by atoms with Crippen molar-refractivity contribution >= 4 is 23.9 Å². The van der Waals surface area contributed by atoms with Gasteiger partial charge in [0.05, 0.1) is 6.54 Å². The van der Waals surface area contributed by atoms with E-state index in [1.165, 1.54) is 6.92 Å². The van der Waals surface area contributed by atoms with Gasteiger partial charge in [-0.05, 0) is 19.3 Å². The van der Waals surface area contributed by atoms with E-state index in [0.717, 1.165) is 6.92 Å². The SMILES string of the molecule is CC(=O)O.CC(C)CC(N)C(=O)O.CC(N)C(=O)O.NCC(=O)O. The zero-order chi connectivity index (χ0) is 20.5. The van der Waals surface area contributed by atoms with Gasteiger partial charge in [-0.1, -0.05) is 13.8 Å². The Labute approximate surface area is 140 Å². The second-order valence-electron chi connectivity index (χ2n) is 4.82. The fourth-order valence-corrected chi connectivity index (χ4v) is 0.609. The third kappa shape index (κ3) is 50.3. The molecule has 0 saturated carbocycles. The van der Waals surface area contributed by atoms with Crippen molar-refractivity contribution in [2.24, 2.45) is 23.1 Å². The number of hydrogen-bond donors (Lipinski definition) is 7. The monoisotopic (exact) mass is 355 g/mol. The van der Waals surface area contributed by atoms with Gasteiger partial charge in [0.1, 0.15) is 12.1 Å². The van der Waals surface area contributed by atoms with Gasteiger partial charge >= 0.3 is 17.9 Å². The highest BCUT2D eigenvalue weighted by molar-refractivity contribution is 5.73. The van der Waals surface area contributed by atoms with E-state index in [1.807, 2.05) is 13.8 Å². The Kier molecular flexibility index (Phi) is 23.3. The summed E-state index contributed by atoms with van der Waals surface area (Å²) in [4.78, 5) is 37.9. The molecule has 2 unspecified atom stereocenters. The Balaban J connectivity index is -0.000000117. The van der Waals surface area contributed by atoms with Crippen LogP contribution in [0, 0.1) is 5.92 Å². The van der Waals surface area contributed by atoms with Crippen LogP contribution in [0.3, 0.4) is 0 Å². The van der Waals surface area contributed by atoms with Gasteiger partial charge in [0.2, 0.25) is 0 Å². The highest BCUT2D eigenvalue weighted by atomic mass is 16.4. The topological polar surface area (TPSA) is 227 Å². The van der Waals surface area contributed by atoms with Gasteiger partial charge in [-0.2, -0.15) is 0 Å². The van der Waals surface area contributed by atoms with E-state index in [-0.39, 0.29) is 6.54 Å². The molecule has 0 aromatic heterocycles. The number of carboxylic acids is 4. The van der Waals surface area contributed by atoms with Crippen LogP contribution in [0.2, 0.25) is 0 Å². The fourth-order valence-electron chi connectivity index (χ4n) is 0.609. The number of carboxylic acid groups (broad SMARTS) is 4. The second kappa shape index (κ2) is 18.8. The van der Waals surface area contributed by atoms with E-state index in [9.17, 15) is 14.4 Å². The van der Waals surface area contributed by atoms with Crippen LogP contribution in [0.15, 0.2) is 0 Å². The van der Waals surface area contributed by atoms with Crippen LogP contribution in [-0.2, 0) is 19.2 Å². The van der Waals surface area contributed by atoms with Gasteiger partial charge in [-0.15, -0.1) is 0 Å². The molecule has 0 aliphatic heterocycles. The Morgan fingerprint density at radius 1 is 0.875 bits per heavy atom. The predicted octanol–water partition coefficient (Wildman–Crippen LogP) is -1.02. The first kappa shape index (κ1) is 29.7. The predicted molar refractivity (Wildman–Crippen MR) is 86.4 cm³/mol. The largest absolute Gasteiger partial charge is 0.481 e. The Morgan fingerprint density at radius 3 is 1.17 bits per heavy atom. The average Bonchev–Trinajstić information content (AvgIpc) is 2.38. The lowest BCUT2D eigenvalue weighted by Gasteiger charge is -2.07. The van der Waals surface area contributed by atoms with Crippen molar-refractivity contribution in [1.82, 2.24) is 0 Å². The molecule has 0 aromatic carbocycles. The lowest BCUT2D eigenvalue weighted by Crippen LogP contribution is -2.31. The zero-order valence-electron chi connectivity index (χ0n) is 14.3. The highest BCUT2D eigenvalue weighted by Gasteiger charge is 2.11. The highest BCUT2D eigenvalue weighted by Crippen LogP contribution is 2.01. The Morgan fingerprint density at radius 2 is 1.12 bits per heavy atom. The molecule has 0 bridgehead atoms. The number of nitrogens with two attached hydrogens (primary N) is 3. The van der Waals surface area contributed by atoms with E-state index in [1.54, 1.807) is 0 Å². The quantitative estimate of drug-likeness (QED) is 0.315. The number of hydrogen-bond acceptors (Lipinski definition) is 7. The van der Waals surface area contributed by atoms with Gasteiger partial charge in [-0.25, -0.2) is 0 Å². The van der Waals surface area contributed by atoms with Crippen molar-refractivity contribution in [2.75, 3.05) is 6.54 Å². The van der Waals surface area contributed by atoms with E-state index >= 15 is 0 Å². The molecule has 0 aliphatic carbocycles. The summed E-state index contributed by atoms with van der Waals surface area (Å²) in [6, 6.07) is -1.42. The first-order valence-electron chi connectivity index (χ1n) is 6.77. The van der Waals surface area contributed by atoms with Gasteiger partial charge in [0.15, 0.2) is 0 Å². The minimum Gasteiger partial charge on any atom is -0.481 e. The maximum Gasteiger partial charge on any atom is 0.320 e. The van der Waals surface area contributed by atoms with Crippen LogP contribution in [-0.4, -0.2) is 62.9 Å². The van der Waals surface area contributed by atoms with Crippen LogP contribution in [0.5, 0.6) is 0 Å². The molecular formula is C13H29N3O8. The van der Waals surface area contributed by atoms with Crippen molar-refractivity contribution < 1.29 is 39.6 Å². The van der Waals surface area contributed by atoms with E-state index in [2.05, 4.69) is 5.73 Å². The summed E-state index contributed by atoms with van der Waals surface area (Å²) >= 11 is 0. The summed E-state index contributed by atoms with van der Waals surface area (Å²) in [5, 5.41) is 31.2. The second-order valence-corrected chi connectivity index (χ2v) is 4.82. The summed E-state index contributed by atoms with van der Waals surface area (Å²) in [6.45, 7) is 6.12. The number of carbonyl (C=O) groups is 4. The molecule has 0 fully saturated rings. The summed E-state index contributed by atoms with van der Waals surface area (Å²) in [6.07, 6.45) is 0.551. The molecule has 0 saturated heterocycles. The van der Waals surface area contributed by atoms with Crippen molar-refractivity contribution in [3.05, 3.63) is 0 Å². The summed E-state index contributed by atoms with van der Waals surface area (Å²) in [5.74, 6) is -3.32. The molecule has 0 aliphatic rings. The van der Waals surface area contributed by atoms with Gasteiger partial charge in [-0.3, -0.25) is 19.2 Å². The van der Waals surface area contributed by atoms with Crippen LogP contribution >= 0.6 is 0 Å². The van der Waals surface area contributed by atoms with Crippen LogP contribution in [0.1, 0.15) is 34.1 Å². The summed E-state index contributed by atoms with van der Waals surface area (Å²) in [5.41, 5.74) is 14.6. The third-order valence-electron chi connectivity index (χ3n) is 1.61. The van der Waals surface area contributed by atoms with Gasteiger partial charge in [0, 0.05) is 6.92 Å². The molecule has 0 spiro atoms. The number of aliphatic carboxylic acids is 4. The maximum atomic E-state index is 10.1. The molecule has 0 aromatic rings. The third-order valence-corrected chi connectivity index (χ3v) is 1.61. The Bertz CT molecular complexity index is 368. The van der Waals surface area contributed by atoms with Crippen molar-refractivity contribution in [3.8, 4) is 0 Å². The van der Waals surface area contributed by atoms with Gasteiger partial charge in [0.25, 0.3) is 5.97 Å². The van der Waals surface area contributed by atoms with Gasteiger partial charge < -0.3 is 37.6 Å².